The van der Waals surface area contributed by atoms with Gasteiger partial charge in [-0.2, -0.15) is 0 Å². The van der Waals surface area contributed by atoms with Crippen LogP contribution in [-0.4, -0.2) is 24.1 Å². The lowest BCUT2D eigenvalue weighted by Crippen LogP contribution is -2.46. The molecule has 1 heteroatoms. The van der Waals surface area contributed by atoms with Crippen LogP contribution in [0.3, 0.4) is 0 Å². The van der Waals surface area contributed by atoms with E-state index in [2.05, 4.69) is 65.8 Å². The molecule has 0 aromatic heterocycles. The van der Waals surface area contributed by atoms with Crippen LogP contribution in [0.15, 0.2) is 24.3 Å². The van der Waals surface area contributed by atoms with Crippen LogP contribution >= 0.6 is 0 Å². The summed E-state index contributed by atoms with van der Waals surface area (Å²) < 4.78 is 1.19. The maximum Gasteiger partial charge on any atom is 0.104 e. The number of rotatable bonds is 5. The topological polar surface area (TPSA) is 0 Å². The molecule has 18 heavy (non-hydrogen) atoms. The van der Waals surface area contributed by atoms with Crippen LogP contribution in [0.2, 0.25) is 0 Å². The molecule has 0 aliphatic carbocycles. The molecule has 1 aromatic rings. The quantitative estimate of drug-likeness (QED) is 0.679. The van der Waals surface area contributed by atoms with Gasteiger partial charge in [0.15, 0.2) is 0 Å². The zero-order valence-electron chi connectivity index (χ0n) is 13.1. The second-order valence-electron chi connectivity index (χ2n) is 6.40. The summed E-state index contributed by atoms with van der Waals surface area (Å²) in [5, 5.41) is 0. The van der Waals surface area contributed by atoms with Gasteiger partial charge in [-0.15, -0.1) is 0 Å². The van der Waals surface area contributed by atoms with Crippen LogP contribution in [0.25, 0.3) is 0 Å². The predicted molar refractivity (Wildman–Crippen MR) is 80.7 cm³/mol. The van der Waals surface area contributed by atoms with Gasteiger partial charge in [0.2, 0.25) is 0 Å². The summed E-state index contributed by atoms with van der Waals surface area (Å²) in [6, 6.07) is 9.22. The summed E-state index contributed by atoms with van der Waals surface area (Å²) in [5.41, 5.74) is 3.15. The van der Waals surface area contributed by atoms with Crippen molar-refractivity contribution in [3.05, 3.63) is 35.4 Å². The number of quaternary nitrogens is 1. The summed E-state index contributed by atoms with van der Waals surface area (Å²) in [5.74, 6) is 0. The third-order valence-electron chi connectivity index (χ3n) is 4.35. The molecule has 0 fully saturated rings. The highest BCUT2D eigenvalue weighted by Gasteiger charge is 2.21. The van der Waals surface area contributed by atoms with Crippen molar-refractivity contribution in [3.63, 3.8) is 0 Å². The second-order valence-corrected chi connectivity index (χ2v) is 6.40. The molecular formula is C17H30N+. The molecule has 0 N–H and O–H groups in total. The van der Waals surface area contributed by atoms with Crippen LogP contribution < -0.4 is 0 Å². The molecule has 0 atom stereocenters. The molecule has 0 radical (unpaired) electrons. The first-order chi connectivity index (χ1) is 8.37. The van der Waals surface area contributed by atoms with Crippen LogP contribution in [0.5, 0.6) is 0 Å². The van der Waals surface area contributed by atoms with E-state index in [-0.39, 0.29) is 5.41 Å². The van der Waals surface area contributed by atoms with E-state index in [1.54, 1.807) is 0 Å². The van der Waals surface area contributed by atoms with E-state index in [1.807, 2.05) is 0 Å². The van der Waals surface area contributed by atoms with Crippen LogP contribution in [0, 0.1) is 0 Å². The molecule has 1 aromatic carbocycles. The minimum atomic E-state index is 0.255. The van der Waals surface area contributed by atoms with E-state index in [1.165, 1.54) is 35.2 Å². The first-order valence-corrected chi connectivity index (χ1v) is 7.31. The molecule has 0 bridgehead atoms. The molecular weight excluding hydrogens is 218 g/mol. The standard InChI is InChI=1S/C17H30N/c1-7-18(8-2,9-3)14-15-10-12-16(13-11-15)17(4,5)6/h10-13H,7-9,14H2,1-6H3/q+1. The Hall–Kier alpha value is -0.820. The number of nitrogens with zero attached hydrogens (tertiary/aromatic N) is 1. The Morgan fingerprint density at radius 2 is 1.28 bits per heavy atom. The van der Waals surface area contributed by atoms with E-state index >= 15 is 0 Å². The first kappa shape index (κ1) is 15.2. The van der Waals surface area contributed by atoms with Crippen molar-refractivity contribution in [2.45, 2.75) is 53.5 Å². The Labute approximate surface area is 113 Å². The van der Waals surface area contributed by atoms with E-state index in [4.69, 9.17) is 0 Å². The molecule has 0 aliphatic rings. The zero-order chi connectivity index (χ0) is 13.8. The van der Waals surface area contributed by atoms with E-state index in [9.17, 15) is 0 Å². The Bertz CT molecular complexity index is 344. The maximum absolute atomic E-state index is 2.31. The van der Waals surface area contributed by atoms with Crippen molar-refractivity contribution in [2.75, 3.05) is 19.6 Å². The number of hydrogen-bond acceptors (Lipinski definition) is 0. The average Bonchev–Trinajstić information content (AvgIpc) is 2.36. The predicted octanol–water partition coefficient (Wildman–Crippen LogP) is 4.36. The minimum Gasteiger partial charge on any atom is -0.321 e. The van der Waals surface area contributed by atoms with Crippen molar-refractivity contribution in [1.82, 2.24) is 0 Å². The molecule has 0 saturated heterocycles. The largest absolute Gasteiger partial charge is 0.321 e. The molecule has 1 nitrogen and oxygen atoms in total. The smallest absolute Gasteiger partial charge is 0.104 e. The summed E-state index contributed by atoms with van der Waals surface area (Å²) in [7, 11) is 0. The van der Waals surface area contributed by atoms with Gasteiger partial charge in [-0.3, -0.25) is 0 Å². The molecule has 0 aliphatic heterocycles. The van der Waals surface area contributed by atoms with Crippen molar-refractivity contribution < 1.29 is 4.48 Å². The Morgan fingerprint density at radius 1 is 0.833 bits per heavy atom. The lowest BCUT2D eigenvalue weighted by atomic mass is 9.86. The van der Waals surface area contributed by atoms with Crippen molar-refractivity contribution in [3.8, 4) is 0 Å². The lowest BCUT2D eigenvalue weighted by molar-refractivity contribution is -0.936. The monoisotopic (exact) mass is 248 g/mol. The molecule has 0 amide bonds. The summed E-state index contributed by atoms with van der Waals surface area (Å²) in [6.45, 7) is 18.5. The van der Waals surface area contributed by atoms with Gasteiger partial charge in [-0.25, -0.2) is 0 Å². The summed E-state index contributed by atoms with van der Waals surface area (Å²) in [4.78, 5) is 0. The maximum atomic E-state index is 2.31. The number of hydrogen-bond donors (Lipinski definition) is 0. The van der Waals surface area contributed by atoms with Crippen molar-refractivity contribution in [2.24, 2.45) is 0 Å². The third kappa shape index (κ3) is 3.58. The van der Waals surface area contributed by atoms with Gasteiger partial charge in [0.05, 0.1) is 19.6 Å². The van der Waals surface area contributed by atoms with Gasteiger partial charge in [-0.05, 0) is 31.7 Å². The fourth-order valence-electron chi connectivity index (χ4n) is 2.50. The Balaban J connectivity index is 2.86. The normalized spacial score (nSPS) is 12.8. The minimum absolute atomic E-state index is 0.255. The van der Waals surface area contributed by atoms with Gasteiger partial charge in [0.1, 0.15) is 6.54 Å². The number of benzene rings is 1. The van der Waals surface area contributed by atoms with E-state index in [0.29, 0.717) is 0 Å². The Kier molecular flexibility index (Phi) is 4.98. The van der Waals surface area contributed by atoms with E-state index < -0.39 is 0 Å². The lowest BCUT2D eigenvalue weighted by Gasteiger charge is -2.36. The SMILES string of the molecule is CC[N+](CC)(CC)Cc1ccc(C(C)(C)C)cc1. The second kappa shape index (κ2) is 5.88. The van der Waals surface area contributed by atoms with Gasteiger partial charge in [-0.1, -0.05) is 45.0 Å². The van der Waals surface area contributed by atoms with Crippen molar-refractivity contribution >= 4 is 0 Å². The first-order valence-electron chi connectivity index (χ1n) is 7.31. The third-order valence-corrected chi connectivity index (χ3v) is 4.35. The summed E-state index contributed by atoms with van der Waals surface area (Å²) in [6.07, 6.45) is 0. The van der Waals surface area contributed by atoms with Gasteiger partial charge < -0.3 is 4.48 Å². The molecule has 0 heterocycles. The highest BCUT2D eigenvalue weighted by molar-refractivity contribution is 5.27. The molecule has 102 valence electrons. The van der Waals surface area contributed by atoms with Crippen LogP contribution in [0.4, 0.5) is 0 Å². The van der Waals surface area contributed by atoms with Crippen molar-refractivity contribution in [1.29, 1.82) is 0 Å². The molecule has 1 rings (SSSR count). The molecule has 0 unspecified atom stereocenters. The van der Waals surface area contributed by atoms with Crippen LogP contribution in [-0.2, 0) is 12.0 Å². The average molecular weight is 248 g/mol. The van der Waals surface area contributed by atoms with E-state index in [0.717, 1.165) is 6.54 Å². The van der Waals surface area contributed by atoms with Gasteiger partial charge in [0.25, 0.3) is 0 Å². The Morgan fingerprint density at radius 3 is 1.61 bits per heavy atom. The zero-order valence-corrected chi connectivity index (χ0v) is 13.1. The molecule has 0 saturated carbocycles. The highest BCUT2D eigenvalue weighted by atomic mass is 15.3. The molecule has 0 spiro atoms. The fraction of sp³-hybridized carbons (Fsp3) is 0.647. The highest BCUT2D eigenvalue weighted by Crippen LogP contribution is 2.23. The summed E-state index contributed by atoms with van der Waals surface area (Å²) >= 11 is 0. The fourth-order valence-corrected chi connectivity index (χ4v) is 2.50. The van der Waals surface area contributed by atoms with Gasteiger partial charge >= 0.3 is 0 Å². The van der Waals surface area contributed by atoms with Gasteiger partial charge in [0, 0.05) is 5.56 Å². The van der Waals surface area contributed by atoms with Crippen LogP contribution in [0.1, 0.15) is 52.7 Å².